The molecule has 2 atom stereocenters. The van der Waals surface area contributed by atoms with E-state index in [0.717, 1.165) is 12.8 Å². The summed E-state index contributed by atoms with van der Waals surface area (Å²) < 4.78 is 5.44. The molecule has 1 aliphatic rings. The van der Waals surface area contributed by atoms with E-state index < -0.39 is 0 Å². The number of rotatable bonds is 5. The number of esters is 1. The van der Waals surface area contributed by atoms with Crippen LogP contribution >= 0.6 is 0 Å². The van der Waals surface area contributed by atoms with E-state index in [4.69, 9.17) is 4.74 Å². The molecule has 0 radical (unpaired) electrons. The number of cyclic esters (lactones) is 1. The van der Waals surface area contributed by atoms with Gasteiger partial charge in [0.25, 0.3) is 0 Å². The third-order valence-electron chi connectivity index (χ3n) is 3.44. The second-order valence-electron chi connectivity index (χ2n) is 4.75. The Morgan fingerprint density at radius 3 is 2.71 bits per heavy atom. The Morgan fingerprint density at radius 2 is 2.00 bits per heavy atom. The van der Waals surface area contributed by atoms with Crippen molar-refractivity contribution in [2.45, 2.75) is 51.0 Å². The number of ether oxygens (including phenoxy) is 1. The van der Waals surface area contributed by atoms with Crippen LogP contribution in [0.5, 0.6) is 0 Å². The second kappa shape index (κ2) is 5.85. The standard InChI is InChI=1S/C15H20O2/c1-2-3-5-10-14-13(11-15(16)17-14)12-8-6-4-7-9-12/h4,6-9,13-14H,2-3,5,10-11H2,1H3/t13-,14+/m0/s1. The van der Waals surface area contributed by atoms with Gasteiger partial charge >= 0.3 is 5.97 Å². The monoisotopic (exact) mass is 232 g/mol. The average molecular weight is 232 g/mol. The molecule has 0 spiro atoms. The van der Waals surface area contributed by atoms with Gasteiger partial charge in [-0.25, -0.2) is 0 Å². The molecule has 0 amide bonds. The number of benzene rings is 1. The zero-order valence-corrected chi connectivity index (χ0v) is 10.4. The Balaban J connectivity index is 2.01. The van der Waals surface area contributed by atoms with Gasteiger partial charge in [-0.15, -0.1) is 0 Å². The molecular weight excluding hydrogens is 212 g/mol. The number of unbranched alkanes of at least 4 members (excludes halogenated alkanes) is 2. The van der Waals surface area contributed by atoms with Crippen molar-refractivity contribution in [2.75, 3.05) is 0 Å². The minimum atomic E-state index is -0.0413. The molecule has 0 bridgehead atoms. The molecule has 2 heteroatoms. The van der Waals surface area contributed by atoms with Gasteiger partial charge in [-0.05, 0) is 18.4 Å². The molecule has 0 unspecified atom stereocenters. The molecule has 2 nitrogen and oxygen atoms in total. The zero-order valence-electron chi connectivity index (χ0n) is 10.4. The molecule has 17 heavy (non-hydrogen) atoms. The van der Waals surface area contributed by atoms with Gasteiger partial charge in [0.2, 0.25) is 0 Å². The van der Waals surface area contributed by atoms with E-state index >= 15 is 0 Å². The quantitative estimate of drug-likeness (QED) is 0.572. The first-order valence-electron chi connectivity index (χ1n) is 6.55. The molecule has 1 heterocycles. The van der Waals surface area contributed by atoms with Gasteiger partial charge in [-0.2, -0.15) is 0 Å². The van der Waals surface area contributed by atoms with Crippen LogP contribution in [0.3, 0.4) is 0 Å². The Morgan fingerprint density at radius 1 is 1.24 bits per heavy atom. The van der Waals surface area contributed by atoms with Crippen LogP contribution in [0.25, 0.3) is 0 Å². The van der Waals surface area contributed by atoms with Crippen molar-refractivity contribution in [2.24, 2.45) is 0 Å². The maximum Gasteiger partial charge on any atom is 0.306 e. The molecule has 1 aromatic rings. The van der Waals surface area contributed by atoms with E-state index in [9.17, 15) is 4.79 Å². The molecule has 0 aliphatic carbocycles. The largest absolute Gasteiger partial charge is 0.462 e. The molecule has 1 aromatic carbocycles. The molecule has 0 N–H and O–H groups in total. The SMILES string of the molecule is CCCCC[C@H]1OC(=O)C[C@H]1c1ccccc1. The number of carbonyl (C=O) groups is 1. The molecule has 1 fully saturated rings. The third kappa shape index (κ3) is 3.09. The van der Waals surface area contributed by atoms with Crippen molar-refractivity contribution < 1.29 is 9.53 Å². The van der Waals surface area contributed by atoms with Gasteiger partial charge in [-0.3, -0.25) is 4.79 Å². The minimum absolute atomic E-state index is 0.0413. The highest BCUT2D eigenvalue weighted by Gasteiger charge is 2.34. The van der Waals surface area contributed by atoms with E-state index in [1.54, 1.807) is 0 Å². The molecule has 1 aliphatic heterocycles. The lowest BCUT2D eigenvalue weighted by atomic mass is 9.90. The summed E-state index contributed by atoms with van der Waals surface area (Å²) in [5.41, 5.74) is 1.24. The molecule has 0 saturated carbocycles. The third-order valence-corrected chi connectivity index (χ3v) is 3.44. The normalized spacial score (nSPS) is 23.7. The number of hydrogen-bond donors (Lipinski definition) is 0. The molecule has 0 aromatic heterocycles. The van der Waals surface area contributed by atoms with Crippen molar-refractivity contribution in [3.63, 3.8) is 0 Å². The smallest absolute Gasteiger partial charge is 0.306 e. The maximum atomic E-state index is 11.4. The van der Waals surface area contributed by atoms with Gasteiger partial charge in [0.15, 0.2) is 0 Å². The van der Waals surface area contributed by atoms with Crippen LogP contribution in [0.4, 0.5) is 0 Å². The van der Waals surface area contributed by atoms with Crippen molar-refractivity contribution >= 4 is 5.97 Å². The van der Waals surface area contributed by atoms with E-state index in [2.05, 4.69) is 19.1 Å². The van der Waals surface area contributed by atoms with Crippen LogP contribution in [0.15, 0.2) is 30.3 Å². The molecular formula is C15H20O2. The summed E-state index contributed by atoms with van der Waals surface area (Å²) in [5.74, 6) is 0.223. The Hall–Kier alpha value is -1.31. The summed E-state index contributed by atoms with van der Waals surface area (Å²) in [6, 6.07) is 10.3. The van der Waals surface area contributed by atoms with Gasteiger partial charge in [-0.1, -0.05) is 50.1 Å². The lowest BCUT2D eigenvalue weighted by molar-refractivity contribution is -0.141. The molecule has 92 valence electrons. The zero-order chi connectivity index (χ0) is 12.1. The predicted octanol–water partition coefficient (Wildman–Crippen LogP) is 3.67. The maximum absolute atomic E-state index is 11.4. The fourth-order valence-corrected chi connectivity index (χ4v) is 2.50. The van der Waals surface area contributed by atoms with Crippen LogP contribution in [0.2, 0.25) is 0 Å². The van der Waals surface area contributed by atoms with Gasteiger partial charge < -0.3 is 4.74 Å². The average Bonchev–Trinajstić information content (AvgIpc) is 2.72. The molecule has 2 rings (SSSR count). The second-order valence-corrected chi connectivity index (χ2v) is 4.75. The summed E-state index contributed by atoms with van der Waals surface area (Å²) in [7, 11) is 0. The van der Waals surface area contributed by atoms with Gasteiger partial charge in [0, 0.05) is 5.92 Å². The highest BCUT2D eigenvalue weighted by molar-refractivity contribution is 5.73. The number of hydrogen-bond acceptors (Lipinski definition) is 2. The molecule has 1 saturated heterocycles. The van der Waals surface area contributed by atoms with Crippen molar-refractivity contribution in [3.05, 3.63) is 35.9 Å². The fourth-order valence-electron chi connectivity index (χ4n) is 2.50. The van der Waals surface area contributed by atoms with Crippen LogP contribution in [-0.2, 0) is 9.53 Å². The van der Waals surface area contributed by atoms with E-state index in [1.165, 1.54) is 18.4 Å². The van der Waals surface area contributed by atoms with Crippen LogP contribution in [-0.4, -0.2) is 12.1 Å². The Bertz CT molecular complexity index is 358. The summed E-state index contributed by atoms with van der Waals surface area (Å²) in [5, 5.41) is 0. The summed E-state index contributed by atoms with van der Waals surface area (Å²) >= 11 is 0. The predicted molar refractivity (Wildman–Crippen MR) is 67.8 cm³/mol. The van der Waals surface area contributed by atoms with Crippen molar-refractivity contribution in [1.82, 2.24) is 0 Å². The first kappa shape index (κ1) is 12.2. The summed E-state index contributed by atoms with van der Waals surface area (Å²) in [6.45, 7) is 2.19. The van der Waals surface area contributed by atoms with Gasteiger partial charge in [0.05, 0.1) is 6.42 Å². The topological polar surface area (TPSA) is 26.3 Å². The van der Waals surface area contributed by atoms with Crippen LogP contribution < -0.4 is 0 Å². The minimum Gasteiger partial charge on any atom is -0.462 e. The Kier molecular flexibility index (Phi) is 4.18. The number of carbonyl (C=O) groups excluding carboxylic acids is 1. The lowest BCUT2D eigenvalue weighted by Crippen LogP contribution is -2.14. The first-order chi connectivity index (χ1) is 8.31. The van der Waals surface area contributed by atoms with Crippen LogP contribution in [0, 0.1) is 0 Å². The summed E-state index contributed by atoms with van der Waals surface area (Å²) in [6.07, 6.45) is 5.21. The van der Waals surface area contributed by atoms with E-state index in [1.807, 2.05) is 18.2 Å². The van der Waals surface area contributed by atoms with Crippen molar-refractivity contribution in [1.29, 1.82) is 0 Å². The Labute approximate surface area is 103 Å². The van der Waals surface area contributed by atoms with E-state index in [-0.39, 0.29) is 18.0 Å². The van der Waals surface area contributed by atoms with E-state index in [0.29, 0.717) is 6.42 Å². The summed E-state index contributed by atoms with van der Waals surface area (Å²) in [4.78, 5) is 11.4. The van der Waals surface area contributed by atoms with Crippen LogP contribution in [0.1, 0.15) is 50.5 Å². The van der Waals surface area contributed by atoms with Crippen molar-refractivity contribution in [3.8, 4) is 0 Å². The fraction of sp³-hybridized carbons (Fsp3) is 0.533. The lowest BCUT2D eigenvalue weighted by Gasteiger charge is -2.17. The van der Waals surface area contributed by atoms with Gasteiger partial charge in [0.1, 0.15) is 6.10 Å². The highest BCUT2D eigenvalue weighted by atomic mass is 16.5. The first-order valence-corrected chi connectivity index (χ1v) is 6.55. The highest BCUT2D eigenvalue weighted by Crippen LogP contribution is 2.34.